The number of fused-ring (bicyclic) bond motifs is 1. The number of aromatic nitrogens is 3. The standard InChI is InChI=1S/C26H31F2N5O3/c27-26(28)36-20-6-2-5-19(15-20)33-25-23(24(30-33)17-3-1-4-17)21(16-22(34)29-25)32-9-7-18(8-10-32)31-11-13-35-14-12-31/h2,5-6,15-18,26H,1,3-4,7-14H2,(H,29,34). The zero-order valence-electron chi connectivity index (χ0n) is 20.2. The summed E-state index contributed by atoms with van der Waals surface area (Å²) in [6.45, 7) is 2.37. The first-order valence-electron chi connectivity index (χ1n) is 12.8. The van der Waals surface area contributed by atoms with Gasteiger partial charge in [-0.1, -0.05) is 12.5 Å². The molecule has 3 aromatic rings. The lowest BCUT2D eigenvalue weighted by Crippen LogP contribution is -2.49. The number of rotatable bonds is 6. The zero-order valence-corrected chi connectivity index (χ0v) is 20.2. The summed E-state index contributed by atoms with van der Waals surface area (Å²) in [7, 11) is 0. The van der Waals surface area contributed by atoms with Crippen molar-refractivity contribution in [1.82, 2.24) is 19.7 Å². The molecule has 1 aromatic carbocycles. The molecule has 6 rings (SSSR count). The molecule has 0 atom stereocenters. The van der Waals surface area contributed by atoms with Crippen LogP contribution < -0.4 is 15.2 Å². The van der Waals surface area contributed by atoms with E-state index in [1.807, 2.05) is 0 Å². The highest BCUT2D eigenvalue weighted by Gasteiger charge is 2.31. The fourth-order valence-electron chi connectivity index (χ4n) is 5.76. The van der Waals surface area contributed by atoms with E-state index < -0.39 is 6.61 Å². The molecule has 4 heterocycles. The number of halogens is 2. The second-order valence-corrected chi connectivity index (χ2v) is 9.91. The maximum atomic E-state index is 12.8. The topological polar surface area (TPSA) is 75.6 Å². The van der Waals surface area contributed by atoms with E-state index in [0.29, 0.717) is 23.3 Å². The van der Waals surface area contributed by atoms with E-state index in [2.05, 4.69) is 19.5 Å². The molecule has 2 aliphatic heterocycles. The Labute approximate surface area is 207 Å². The third-order valence-corrected chi connectivity index (χ3v) is 7.82. The Morgan fingerprint density at radius 1 is 1.06 bits per heavy atom. The number of nitrogens with zero attached hydrogens (tertiary/aromatic N) is 4. The number of piperidine rings is 1. The second kappa shape index (κ2) is 9.82. The van der Waals surface area contributed by atoms with E-state index in [9.17, 15) is 13.6 Å². The minimum absolute atomic E-state index is 0.0556. The van der Waals surface area contributed by atoms with Crippen LogP contribution in [0.3, 0.4) is 0 Å². The maximum Gasteiger partial charge on any atom is 0.387 e. The highest BCUT2D eigenvalue weighted by atomic mass is 19.3. The number of anilines is 1. The van der Waals surface area contributed by atoms with Crippen LogP contribution >= 0.6 is 0 Å². The van der Waals surface area contributed by atoms with Crippen LogP contribution in [0.4, 0.5) is 14.5 Å². The Kier molecular flexibility index (Phi) is 6.39. The molecule has 0 spiro atoms. The van der Waals surface area contributed by atoms with E-state index in [4.69, 9.17) is 9.84 Å². The highest BCUT2D eigenvalue weighted by Crippen LogP contribution is 2.42. The summed E-state index contributed by atoms with van der Waals surface area (Å²) in [4.78, 5) is 20.7. The minimum Gasteiger partial charge on any atom is -0.435 e. The maximum absolute atomic E-state index is 12.8. The van der Waals surface area contributed by atoms with Gasteiger partial charge in [0.1, 0.15) is 11.4 Å². The van der Waals surface area contributed by atoms with Crippen molar-refractivity contribution in [1.29, 1.82) is 0 Å². The van der Waals surface area contributed by atoms with Gasteiger partial charge in [-0.25, -0.2) is 4.68 Å². The second-order valence-electron chi connectivity index (χ2n) is 9.91. The molecule has 192 valence electrons. The normalized spacial score (nSPS) is 20.2. The van der Waals surface area contributed by atoms with Gasteiger partial charge in [-0.05, 0) is 37.8 Å². The Balaban J connectivity index is 1.38. The molecule has 1 N–H and O–H groups in total. The predicted octanol–water partition coefficient (Wildman–Crippen LogP) is 3.88. The van der Waals surface area contributed by atoms with Crippen LogP contribution in [0, 0.1) is 0 Å². The molecule has 2 aromatic heterocycles. The lowest BCUT2D eigenvalue weighted by Gasteiger charge is -2.41. The van der Waals surface area contributed by atoms with Crippen LogP contribution in [0.1, 0.15) is 43.7 Å². The molecule has 36 heavy (non-hydrogen) atoms. The third-order valence-electron chi connectivity index (χ3n) is 7.82. The molecule has 0 bridgehead atoms. The first-order chi connectivity index (χ1) is 17.6. The van der Waals surface area contributed by atoms with Gasteiger partial charge in [-0.2, -0.15) is 13.9 Å². The summed E-state index contributed by atoms with van der Waals surface area (Å²) in [5, 5.41) is 5.90. The van der Waals surface area contributed by atoms with E-state index in [1.165, 1.54) is 12.1 Å². The van der Waals surface area contributed by atoms with Crippen molar-refractivity contribution < 1.29 is 18.3 Å². The van der Waals surface area contributed by atoms with Crippen molar-refractivity contribution in [2.75, 3.05) is 44.3 Å². The van der Waals surface area contributed by atoms with Crippen LogP contribution in [0.15, 0.2) is 35.1 Å². The molecule has 1 aliphatic carbocycles. The molecule has 3 fully saturated rings. The molecular formula is C26H31F2N5O3. The van der Waals surface area contributed by atoms with Crippen LogP contribution in [-0.2, 0) is 4.74 Å². The summed E-state index contributed by atoms with van der Waals surface area (Å²) >= 11 is 0. The van der Waals surface area contributed by atoms with E-state index in [0.717, 1.165) is 88.3 Å². The van der Waals surface area contributed by atoms with Crippen LogP contribution in [-0.4, -0.2) is 71.7 Å². The summed E-state index contributed by atoms with van der Waals surface area (Å²) in [5.74, 6) is 0.379. The van der Waals surface area contributed by atoms with E-state index >= 15 is 0 Å². The summed E-state index contributed by atoms with van der Waals surface area (Å²) in [6.07, 6.45) is 5.33. The Bertz CT molecular complexity index is 1270. The third kappa shape index (κ3) is 4.48. The number of alkyl halides is 2. The van der Waals surface area contributed by atoms with Gasteiger partial charge >= 0.3 is 6.61 Å². The van der Waals surface area contributed by atoms with E-state index in [-0.39, 0.29) is 11.3 Å². The fraction of sp³-hybridized carbons (Fsp3) is 0.538. The molecule has 10 heteroatoms. The minimum atomic E-state index is -2.91. The number of nitrogens with one attached hydrogen (secondary N) is 1. The molecular weight excluding hydrogens is 468 g/mol. The first-order valence-corrected chi connectivity index (χ1v) is 12.8. The van der Waals surface area contributed by atoms with Gasteiger partial charge in [0.25, 0.3) is 5.56 Å². The molecule has 0 amide bonds. The van der Waals surface area contributed by atoms with Crippen molar-refractivity contribution in [3.63, 3.8) is 0 Å². The zero-order chi connectivity index (χ0) is 24.6. The number of aromatic amines is 1. The number of hydrogen-bond acceptors (Lipinski definition) is 6. The summed E-state index contributed by atoms with van der Waals surface area (Å²) < 4.78 is 37.4. The Morgan fingerprint density at radius 2 is 1.83 bits per heavy atom. The number of benzene rings is 1. The SMILES string of the molecule is O=c1cc(N2CCC(N3CCOCC3)CC2)c2c(C3CCC3)nn(-c3cccc(OC(F)F)c3)c2[nH]1. The van der Waals surface area contributed by atoms with Crippen molar-refractivity contribution >= 4 is 16.7 Å². The predicted molar refractivity (Wildman–Crippen MR) is 133 cm³/mol. The summed E-state index contributed by atoms with van der Waals surface area (Å²) in [6, 6.07) is 8.69. The average Bonchev–Trinajstić information content (AvgIpc) is 3.21. The van der Waals surface area contributed by atoms with Gasteiger partial charge in [0.2, 0.25) is 0 Å². The van der Waals surface area contributed by atoms with Crippen molar-refractivity contribution in [3.05, 3.63) is 46.4 Å². The highest BCUT2D eigenvalue weighted by molar-refractivity contribution is 5.93. The van der Waals surface area contributed by atoms with Crippen LogP contribution in [0.5, 0.6) is 5.75 Å². The molecule has 8 nitrogen and oxygen atoms in total. The van der Waals surface area contributed by atoms with Crippen molar-refractivity contribution in [3.8, 4) is 11.4 Å². The number of ether oxygens (including phenoxy) is 2. The average molecular weight is 500 g/mol. The van der Waals surface area contributed by atoms with Crippen LogP contribution in [0.2, 0.25) is 0 Å². The molecule has 2 saturated heterocycles. The molecule has 3 aliphatic rings. The van der Waals surface area contributed by atoms with Gasteiger partial charge in [-0.15, -0.1) is 0 Å². The number of morpholine rings is 1. The summed E-state index contributed by atoms with van der Waals surface area (Å²) in [5.41, 5.74) is 2.86. The van der Waals surface area contributed by atoms with Crippen molar-refractivity contribution in [2.45, 2.75) is 50.7 Å². The lowest BCUT2D eigenvalue weighted by atomic mass is 9.82. The number of hydrogen-bond donors (Lipinski definition) is 1. The van der Waals surface area contributed by atoms with Gasteiger partial charge in [0.15, 0.2) is 0 Å². The van der Waals surface area contributed by atoms with Gasteiger partial charge in [0.05, 0.1) is 35.7 Å². The largest absolute Gasteiger partial charge is 0.435 e. The Morgan fingerprint density at radius 3 is 2.53 bits per heavy atom. The molecule has 0 radical (unpaired) electrons. The number of H-pyrrole nitrogens is 1. The first kappa shape index (κ1) is 23.4. The van der Waals surface area contributed by atoms with Gasteiger partial charge in [0, 0.05) is 50.3 Å². The monoisotopic (exact) mass is 499 g/mol. The number of pyridine rings is 1. The molecule has 0 unspecified atom stereocenters. The van der Waals surface area contributed by atoms with Gasteiger partial charge < -0.3 is 19.4 Å². The van der Waals surface area contributed by atoms with Crippen molar-refractivity contribution in [2.24, 2.45) is 0 Å². The van der Waals surface area contributed by atoms with Crippen LogP contribution in [0.25, 0.3) is 16.7 Å². The fourth-order valence-corrected chi connectivity index (χ4v) is 5.76. The lowest BCUT2D eigenvalue weighted by molar-refractivity contribution is -0.0498. The van der Waals surface area contributed by atoms with Gasteiger partial charge in [-0.3, -0.25) is 9.69 Å². The quantitative estimate of drug-likeness (QED) is 0.555. The van der Waals surface area contributed by atoms with E-state index in [1.54, 1.807) is 22.9 Å². The Hall–Kier alpha value is -2.98. The molecule has 1 saturated carbocycles. The smallest absolute Gasteiger partial charge is 0.387 e.